The van der Waals surface area contributed by atoms with Crippen LogP contribution in [-0.2, 0) is 11.3 Å². The summed E-state index contributed by atoms with van der Waals surface area (Å²) in [5.74, 6) is -0.893. The molecular weight excluding hydrogens is 225 g/mol. The molecule has 6 heteroatoms. The number of fused-ring (bicyclic) bond motifs is 1. The zero-order valence-electron chi connectivity index (χ0n) is 8.81. The van der Waals surface area contributed by atoms with Crippen LogP contribution >= 0.6 is 0 Å². The number of amides is 3. The molecule has 0 fully saturated rings. The Hall–Kier alpha value is -2.37. The van der Waals surface area contributed by atoms with Gasteiger partial charge in [0.05, 0.1) is 5.52 Å². The van der Waals surface area contributed by atoms with Gasteiger partial charge in [0.25, 0.3) is 0 Å². The highest BCUT2D eigenvalue weighted by atomic mass is 19.1. The number of urea groups is 1. The second-order valence-electron chi connectivity index (χ2n) is 3.53. The number of primary amides is 1. The molecule has 88 valence electrons. The number of hydrogen-bond acceptors (Lipinski definition) is 2. The minimum absolute atomic E-state index is 0.0874. The standard InChI is InChI=1S/C11H10FN3O2/c12-8-2-1-3-9-7(8)4-5-15(9)6-10(16)14-11(13)17/h1-5H,6H2,(H3,13,14,16,17). The third-order valence-corrected chi connectivity index (χ3v) is 2.34. The first-order chi connectivity index (χ1) is 8.08. The highest BCUT2D eigenvalue weighted by molar-refractivity contribution is 5.94. The molecule has 0 saturated carbocycles. The Morgan fingerprint density at radius 2 is 2.12 bits per heavy atom. The van der Waals surface area contributed by atoms with E-state index in [1.807, 2.05) is 5.32 Å². The maximum Gasteiger partial charge on any atom is 0.318 e. The molecule has 0 saturated heterocycles. The van der Waals surface area contributed by atoms with E-state index in [4.69, 9.17) is 5.73 Å². The molecule has 2 rings (SSSR count). The van der Waals surface area contributed by atoms with Crippen LogP contribution in [0.1, 0.15) is 0 Å². The topological polar surface area (TPSA) is 77.1 Å². The number of hydrogen-bond donors (Lipinski definition) is 2. The Morgan fingerprint density at radius 3 is 2.82 bits per heavy atom. The highest BCUT2D eigenvalue weighted by Crippen LogP contribution is 2.18. The Kier molecular flexibility index (Phi) is 2.78. The molecular formula is C11H10FN3O2. The van der Waals surface area contributed by atoms with Gasteiger partial charge >= 0.3 is 6.03 Å². The predicted octanol–water partition coefficient (Wildman–Crippen LogP) is 0.975. The Balaban J connectivity index is 2.28. The third-order valence-electron chi connectivity index (χ3n) is 2.34. The zero-order chi connectivity index (χ0) is 12.4. The fourth-order valence-corrected chi connectivity index (χ4v) is 1.66. The minimum atomic E-state index is -0.905. The number of rotatable bonds is 2. The van der Waals surface area contributed by atoms with Gasteiger partial charge in [-0.15, -0.1) is 0 Å². The summed E-state index contributed by atoms with van der Waals surface area (Å²) in [6.45, 7) is -0.0874. The van der Waals surface area contributed by atoms with Crippen molar-refractivity contribution in [1.82, 2.24) is 9.88 Å². The van der Waals surface area contributed by atoms with Gasteiger partial charge in [-0.2, -0.15) is 0 Å². The third kappa shape index (κ3) is 2.25. The molecule has 3 amide bonds. The molecule has 1 aromatic carbocycles. The number of carbonyl (C=O) groups excluding carboxylic acids is 2. The number of carbonyl (C=O) groups is 2. The SMILES string of the molecule is NC(=O)NC(=O)Cn1ccc2c(F)cccc21. The van der Waals surface area contributed by atoms with E-state index in [0.717, 1.165) is 0 Å². The predicted molar refractivity (Wildman–Crippen MR) is 59.6 cm³/mol. The number of aromatic nitrogens is 1. The van der Waals surface area contributed by atoms with Crippen molar-refractivity contribution in [2.75, 3.05) is 0 Å². The number of nitrogens with zero attached hydrogens (tertiary/aromatic N) is 1. The summed E-state index contributed by atoms with van der Waals surface area (Å²) in [6.07, 6.45) is 1.58. The quantitative estimate of drug-likeness (QED) is 0.813. The average molecular weight is 235 g/mol. The maximum absolute atomic E-state index is 13.4. The first-order valence-electron chi connectivity index (χ1n) is 4.90. The van der Waals surface area contributed by atoms with Crippen molar-refractivity contribution in [2.45, 2.75) is 6.54 Å². The summed E-state index contributed by atoms with van der Waals surface area (Å²) in [6, 6.07) is 5.26. The van der Waals surface area contributed by atoms with Crippen LogP contribution in [0, 0.1) is 5.82 Å². The second kappa shape index (κ2) is 4.25. The first kappa shape index (κ1) is 11.1. The van der Waals surface area contributed by atoms with Gasteiger partial charge in [0.2, 0.25) is 5.91 Å². The zero-order valence-corrected chi connectivity index (χ0v) is 8.81. The summed E-state index contributed by atoms with van der Waals surface area (Å²) in [5, 5.41) is 2.38. The van der Waals surface area contributed by atoms with Crippen LogP contribution in [0.3, 0.4) is 0 Å². The van der Waals surface area contributed by atoms with E-state index in [-0.39, 0.29) is 12.4 Å². The smallest absolute Gasteiger partial charge is 0.318 e. The Bertz CT molecular complexity index is 591. The lowest BCUT2D eigenvalue weighted by atomic mass is 10.2. The molecule has 3 N–H and O–H groups in total. The van der Waals surface area contributed by atoms with E-state index in [0.29, 0.717) is 10.9 Å². The lowest BCUT2D eigenvalue weighted by molar-refractivity contribution is -0.120. The van der Waals surface area contributed by atoms with Crippen molar-refractivity contribution in [3.63, 3.8) is 0 Å². The van der Waals surface area contributed by atoms with Gasteiger partial charge in [0.1, 0.15) is 12.4 Å². The van der Waals surface area contributed by atoms with Crippen LogP contribution in [0.2, 0.25) is 0 Å². The molecule has 0 atom stereocenters. The molecule has 1 heterocycles. The summed E-state index contributed by atoms with van der Waals surface area (Å²) in [4.78, 5) is 21.8. The van der Waals surface area contributed by atoms with Crippen LogP contribution in [0.5, 0.6) is 0 Å². The first-order valence-corrected chi connectivity index (χ1v) is 4.90. The molecule has 0 spiro atoms. The van der Waals surface area contributed by atoms with Gasteiger partial charge in [0, 0.05) is 11.6 Å². The van der Waals surface area contributed by atoms with Gasteiger partial charge in [-0.05, 0) is 18.2 Å². The number of nitrogens with one attached hydrogen (secondary N) is 1. The average Bonchev–Trinajstić information content (AvgIpc) is 2.62. The van der Waals surface area contributed by atoms with Gasteiger partial charge < -0.3 is 10.3 Å². The number of benzene rings is 1. The number of imide groups is 1. The molecule has 0 unspecified atom stereocenters. The lowest BCUT2D eigenvalue weighted by Gasteiger charge is -2.04. The van der Waals surface area contributed by atoms with E-state index in [1.165, 1.54) is 10.6 Å². The fourth-order valence-electron chi connectivity index (χ4n) is 1.66. The number of halogens is 1. The largest absolute Gasteiger partial charge is 0.351 e. The summed E-state index contributed by atoms with van der Waals surface area (Å²) in [7, 11) is 0. The van der Waals surface area contributed by atoms with Crippen LogP contribution in [0.25, 0.3) is 10.9 Å². The van der Waals surface area contributed by atoms with Gasteiger partial charge in [-0.1, -0.05) is 6.07 Å². The molecule has 0 radical (unpaired) electrons. The van der Waals surface area contributed by atoms with Gasteiger partial charge in [-0.3, -0.25) is 10.1 Å². The van der Waals surface area contributed by atoms with Crippen LogP contribution in [0.4, 0.5) is 9.18 Å². The molecule has 2 aromatic rings. The van der Waals surface area contributed by atoms with E-state index in [9.17, 15) is 14.0 Å². The molecule has 1 aromatic heterocycles. The highest BCUT2D eigenvalue weighted by Gasteiger charge is 2.09. The van der Waals surface area contributed by atoms with Crippen LogP contribution in [0.15, 0.2) is 30.5 Å². The fraction of sp³-hybridized carbons (Fsp3) is 0.0909. The molecule has 0 aliphatic rings. The second-order valence-corrected chi connectivity index (χ2v) is 3.53. The Morgan fingerprint density at radius 1 is 1.35 bits per heavy atom. The molecule has 0 bridgehead atoms. The van der Waals surface area contributed by atoms with Gasteiger partial charge in [-0.25, -0.2) is 9.18 Å². The van der Waals surface area contributed by atoms with Crippen molar-refractivity contribution < 1.29 is 14.0 Å². The Labute approximate surface area is 96.0 Å². The van der Waals surface area contributed by atoms with E-state index in [1.54, 1.807) is 24.4 Å². The maximum atomic E-state index is 13.4. The molecule has 0 aliphatic heterocycles. The van der Waals surface area contributed by atoms with Crippen molar-refractivity contribution in [3.05, 3.63) is 36.3 Å². The van der Waals surface area contributed by atoms with Crippen molar-refractivity contribution in [2.24, 2.45) is 5.73 Å². The molecule has 0 aliphatic carbocycles. The summed E-state index contributed by atoms with van der Waals surface area (Å²) < 4.78 is 14.9. The monoisotopic (exact) mass is 235 g/mol. The van der Waals surface area contributed by atoms with E-state index >= 15 is 0 Å². The van der Waals surface area contributed by atoms with E-state index in [2.05, 4.69) is 0 Å². The number of nitrogens with two attached hydrogens (primary N) is 1. The van der Waals surface area contributed by atoms with Crippen molar-refractivity contribution in [1.29, 1.82) is 0 Å². The van der Waals surface area contributed by atoms with Gasteiger partial charge in [0.15, 0.2) is 0 Å². The van der Waals surface area contributed by atoms with Crippen molar-refractivity contribution >= 4 is 22.8 Å². The van der Waals surface area contributed by atoms with Crippen LogP contribution in [-0.4, -0.2) is 16.5 Å². The normalized spacial score (nSPS) is 10.4. The van der Waals surface area contributed by atoms with E-state index < -0.39 is 11.9 Å². The summed E-state index contributed by atoms with van der Waals surface area (Å²) >= 11 is 0. The van der Waals surface area contributed by atoms with Crippen molar-refractivity contribution in [3.8, 4) is 0 Å². The molecule has 5 nitrogen and oxygen atoms in total. The minimum Gasteiger partial charge on any atom is -0.351 e. The molecule has 17 heavy (non-hydrogen) atoms. The summed E-state index contributed by atoms with van der Waals surface area (Å²) in [5.41, 5.74) is 5.41. The van der Waals surface area contributed by atoms with Crippen LogP contribution < -0.4 is 11.1 Å². The lowest BCUT2D eigenvalue weighted by Crippen LogP contribution is -2.37.